The van der Waals surface area contributed by atoms with E-state index in [9.17, 15) is 4.79 Å². The van der Waals surface area contributed by atoms with Gasteiger partial charge < -0.3 is 14.0 Å². The van der Waals surface area contributed by atoms with Crippen molar-refractivity contribution >= 4 is 23.0 Å². The molecule has 4 rings (SSSR count). The summed E-state index contributed by atoms with van der Waals surface area (Å²) in [4.78, 5) is 12.7. The van der Waals surface area contributed by atoms with E-state index in [4.69, 9.17) is 9.47 Å². The molecule has 0 saturated heterocycles. The van der Waals surface area contributed by atoms with E-state index in [1.165, 1.54) is 11.1 Å². The molecule has 0 radical (unpaired) electrons. The van der Waals surface area contributed by atoms with Crippen molar-refractivity contribution in [3.05, 3.63) is 94.7 Å². The predicted octanol–water partition coefficient (Wildman–Crippen LogP) is 5.09. The van der Waals surface area contributed by atoms with E-state index in [-0.39, 0.29) is 5.91 Å². The zero-order valence-corrected chi connectivity index (χ0v) is 19.3. The first-order valence-corrected chi connectivity index (χ1v) is 10.7. The Kier molecular flexibility index (Phi) is 6.45. The molecule has 168 valence electrons. The number of amides is 1. The second-order valence-corrected chi connectivity index (χ2v) is 7.89. The van der Waals surface area contributed by atoms with Crippen LogP contribution in [0, 0.1) is 13.8 Å². The summed E-state index contributed by atoms with van der Waals surface area (Å²) in [5.74, 6) is 0.737. The van der Waals surface area contributed by atoms with Crippen LogP contribution >= 0.6 is 0 Å². The molecule has 0 bridgehead atoms. The second-order valence-electron chi connectivity index (χ2n) is 7.89. The number of fused-ring (bicyclic) bond motifs is 1. The molecule has 0 aliphatic carbocycles. The molecule has 1 heterocycles. The predicted molar refractivity (Wildman–Crippen MR) is 132 cm³/mol. The average molecular weight is 442 g/mol. The summed E-state index contributed by atoms with van der Waals surface area (Å²) >= 11 is 0. The monoisotopic (exact) mass is 441 g/mol. The number of hydrazone groups is 1. The molecule has 3 aromatic carbocycles. The number of nitrogens with one attached hydrogen (secondary N) is 1. The molecule has 1 aromatic heterocycles. The van der Waals surface area contributed by atoms with Gasteiger partial charge in [0, 0.05) is 40.3 Å². The van der Waals surface area contributed by atoms with Crippen molar-refractivity contribution in [2.75, 3.05) is 14.2 Å². The molecule has 4 aromatic rings. The number of benzene rings is 3. The van der Waals surface area contributed by atoms with Gasteiger partial charge in [-0.15, -0.1) is 0 Å². The van der Waals surface area contributed by atoms with Crippen LogP contribution in [0.5, 0.6) is 11.5 Å². The van der Waals surface area contributed by atoms with Gasteiger partial charge in [0.2, 0.25) is 0 Å². The van der Waals surface area contributed by atoms with E-state index in [1.54, 1.807) is 38.6 Å². The highest BCUT2D eigenvalue weighted by molar-refractivity contribution is 6.02. The highest BCUT2D eigenvalue weighted by Gasteiger charge is 2.13. The third-order valence-electron chi connectivity index (χ3n) is 5.71. The molecule has 0 atom stereocenters. The van der Waals surface area contributed by atoms with Crippen LogP contribution in [0.25, 0.3) is 10.9 Å². The smallest absolute Gasteiger partial charge is 0.271 e. The maximum absolute atomic E-state index is 12.7. The maximum Gasteiger partial charge on any atom is 0.271 e. The summed E-state index contributed by atoms with van der Waals surface area (Å²) in [6.45, 7) is 4.92. The lowest BCUT2D eigenvalue weighted by molar-refractivity contribution is 0.0954. The molecule has 0 fully saturated rings. The number of carbonyl (C=O) groups excluding carboxylic acids is 1. The summed E-state index contributed by atoms with van der Waals surface area (Å²) in [6, 6.07) is 21.8. The quantitative estimate of drug-likeness (QED) is 0.321. The van der Waals surface area contributed by atoms with Gasteiger partial charge in [0.15, 0.2) is 0 Å². The van der Waals surface area contributed by atoms with E-state index in [1.807, 2.05) is 12.1 Å². The minimum absolute atomic E-state index is 0.343. The number of rotatable bonds is 7. The van der Waals surface area contributed by atoms with Gasteiger partial charge in [-0.2, -0.15) is 5.10 Å². The van der Waals surface area contributed by atoms with Gasteiger partial charge in [-0.1, -0.05) is 48.0 Å². The number of aryl methyl sites for hydroxylation is 1. The van der Waals surface area contributed by atoms with Gasteiger partial charge in [0.1, 0.15) is 11.5 Å². The topological polar surface area (TPSA) is 64.8 Å². The molecular formula is C27H27N3O3. The average Bonchev–Trinajstić information content (AvgIpc) is 3.10. The summed E-state index contributed by atoms with van der Waals surface area (Å²) in [5.41, 5.74) is 8.67. The van der Waals surface area contributed by atoms with Crippen molar-refractivity contribution in [2.45, 2.75) is 20.4 Å². The first-order chi connectivity index (χ1) is 16.0. The Balaban J connectivity index is 1.60. The number of carbonyl (C=O) groups is 1. The molecule has 0 unspecified atom stereocenters. The summed E-state index contributed by atoms with van der Waals surface area (Å²) in [6.07, 6.45) is 1.71. The number of aromatic nitrogens is 1. The van der Waals surface area contributed by atoms with Crippen molar-refractivity contribution in [1.29, 1.82) is 0 Å². The van der Waals surface area contributed by atoms with Crippen molar-refractivity contribution in [3.8, 4) is 11.5 Å². The fourth-order valence-corrected chi connectivity index (χ4v) is 3.86. The third kappa shape index (κ3) is 4.75. The molecule has 33 heavy (non-hydrogen) atoms. The van der Waals surface area contributed by atoms with Gasteiger partial charge in [-0.25, -0.2) is 5.43 Å². The first kappa shape index (κ1) is 22.1. The van der Waals surface area contributed by atoms with Gasteiger partial charge >= 0.3 is 0 Å². The van der Waals surface area contributed by atoms with E-state index < -0.39 is 0 Å². The zero-order valence-electron chi connectivity index (χ0n) is 19.3. The highest BCUT2D eigenvalue weighted by atomic mass is 16.5. The molecule has 0 saturated carbocycles. The fourth-order valence-electron chi connectivity index (χ4n) is 3.86. The molecule has 1 amide bonds. The molecule has 6 nitrogen and oxygen atoms in total. The van der Waals surface area contributed by atoms with Crippen LogP contribution in [0.3, 0.4) is 0 Å². The van der Waals surface area contributed by atoms with Crippen LogP contribution in [0.4, 0.5) is 0 Å². The Hall–Kier alpha value is -4.06. The lowest BCUT2D eigenvalue weighted by Gasteiger charge is -2.09. The second kappa shape index (κ2) is 9.61. The Bertz CT molecular complexity index is 1300. The minimum Gasteiger partial charge on any atom is -0.497 e. The van der Waals surface area contributed by atoms with Gasteiger partial charge in [-0.05, 0) is 37.6 Å². The first-order valence-electron chi connectivity index (χ1n) is 10.7. The molecule has 0 aliphatic rings. The molecule has 0 aliphatic heterocycles. The fraction of sp³-hybridized carbons (Fsp3) is 0.185. The standard InChI is InChI=1S/C27H27N3O3/c1-18-9-11-20(12-10-18)17-30-19(2)25(24-7-5-6-8-26(24)30)16-28-29-27(31)21-13-22(32-3)15-23(14-21)33-4/h5-16H,17H2,1-4H3,(H,29,31)/b28-16-. The van der Waals surface area contributed by atoms with Crippen LogP contribution in [-0.2, 0) is 6.54 Å². The van der Waals surface area contributed by atoms with Gasteiger partial charge in [0.25, 0.3) is 5.91 Å². The van der Waals surface area contributed by atoms with Gasteiger partial charge in [-0.3, -0.25) is 4.79 Å². The highest BCUT2D eigenvalue weighted by Crippen LogP contribution is 2.26. The van der Waals surface area contributed by atoms with Crippen LogP contribution in [0.2, 0.25) is 0 Å². The Morgan fingerprint density at radius 3 is 2.30 bits per heavy atom. The minimum atomic E-state index is -0.343. The van der Waals surface area contributed by atoms with E-state index in [2.05, 4.69) is 65.3 Å². The van der Waals surface area contributed by atoms with E-state index in [0.717, 1.165) is 28.7 Å². The summed E-state index contributed by atoms with van der Waals surface area (Å²) < 4.78 is 12.8. The van der Waals surface area contributed by atoms with Crippen molar-refractivity contribution in [3.63, 3.8) is 0 Å². The Morgan fingerprint density at radius 1 is 0.970 bits per heavy atom. The lowest BCUT2D eigenvalue weighted by Crippen LogP contribution is -2.17. The van der Waals surface area contributed by atoms with Crippen molar-refractivity contribution < 1.29 is 14.3 Å². The third-order valence-corrected chi connectivity index (χ3v) is 5.71. The van der Waals surface area contributed by atoms with E-state index >= 15 is 0 Å². The number of ether oxygens (including phenoxy) is 2. The van der Waals surface area contributed by atoms with E-state index in [0.29, 0.717) is 17.1 Å². The van der Waals surface area contributed by atoms with Crippen LogP contribution < -0.4 is 14.9 Å². The molecular weight excluding hydrogens is 414 g/mol. The van der Waals surface area contributed by atoms with Gasteiger partial charge in [0.05, 0.1) is 20.4 Å². The maximum atomic E-state index is 12.7. The largest absolute Gasteiger partial charge is 0.497 e. The number of methoxy groups -OCH3 is 2. The van der Waals surface area contributed by atoms with Crippen LogP contribution in [0.1, 0.15) is 32.7 Å². The SMILES string of the molecule is COc1cc(OC)cc(C(=O)N/N=C\c2c(C)n(Cc3ccc(C)cc3)c3ccccc23)c1. The summed E-state index contributed by atoms with van der Waals surface area (Å²) in [5, 5.41) is 5.34. The van der Waals surface area contributed by atoms with Crippen molar-refractivity contribution in [1.82, 2.24) is 9.99 Å². The number of nitrogens with zero attached hydrogens (tertiary/aromatic N) is 2. The lowest BCUT2D eigenvalue weighted by atomic mass is 10.1. The van der Waals surface area contributed by atoms with Crippen LogP contribution in [-0.4, -0.2) is 30.9 Å². The number of para-hydroxylation sites is 1. The Morgan fingerprint density at radius 2 is 1.64 bits per heavy atom. The van der Waals surface area contributed by atoms with Crippen molar-refractivity contribution in [2.24, 2.45) is 5.10 Å². The molecule has 6 heteroatoms. The number of hydrogen-bond donors (Lipinski definition) is 1. The summed E-state index contributed by atoms with van der Waals surface area (Å²) in [7, 11) is 3.09. The Labute approximate surface area is 193 Å². The normalized spacial score (nSPS) is 11.2. The van der Waals surface area contributed by atoms with Crippen LogP contribution in [0.15, 0.2) is 71.8 Å². The molecule has 0 spiro atoms. The molecule has 1 N–H and O–H groups in total. The number of hydrogen-bond acceptors (Lipinski definition) is 4. The zero-order chi connectivity index (χ0) is 23.4.